The molecule has 26 heavy (non-hydrogen) atoms. The van der Waals surface area contributed by atoms with Crippen LogP contribution in [0, 0.1) is 13.8 Å². The molecule has 0 radical (unpaired) electrons. The lowest BCUT2D eigenvalue weighted by atomic mass is 9.97. The minimum absolute atomic E-state index is 0.277. The number of aryl methyl sites for hydroxylation is 2. The molecule has 0 saturated carbocycles. The van der Waals surface area contributed by atoms with Gasteiger partial charge in [0, 0.05) is 32.1 Å². The first-order valence-electron chi connectivity index (χ1n) is 9.17. The van der Waals surface area contributed by atoms with Gasteiger partial charge in [-0.3, -0.25) is 0 Å². The molecule has 1 fully saturated rings. The average Bonchev–Trinajstić information content (AvgIpc) is 3.08. The molecule has 140 valence electrons. The third-order valence-corrected chi connectivity index (χ3v) is 7.47. The van der Waals surface area contributed by atoms with Crippen LogP contribution in [0.5, 0.6) is 0 Å². The van der Waals surface area contributed by atoms with Gasteiger partial charge in [-0.15, -0.1) is 10.2 Å². The summed E-state index contributed by atoms with van der Waals surface area (Å²) in [6.07, 6.45) is 1.57. The zero-order valence-electron chi connectivity index (χ0n) is 15.3. The zero-order chi connectivity index (χ0) is 18.3. The SMILES string of the molecule is Cc1ccc(C)c(S(=O)(=O)N2CCC(c3nnc4n3CCNC4)CC2)c1. The molecule has 3 heterocycles. The van der Waals surface area contributed by atoms with E-state index in [-0.39, 0.29) is 5.92 Å². The maximum Gasteiger partial charge on any atom is 0.243 e. The Morgan fingerprint density at radius 1 is 1.12 bits per heavy atom. The van der Waals surface area contributed by atoms with Crippen molar-refractivity contribution >= 4 is 10.0 Å². The van der Waals surface area contributed by atoms with E-state index >= 15 is 0 Å². The largest absolute Gasteiger partial charge is 0.312 e. The summed E-state index contributed by atoms with van der Waals surface area (Å²) in [6, 6.07) is 5.61. The van der Waals surface area contributed by atoms with E-state index < -0.39 is 10.0 Å². The standard InChI is InChI=1S/C18H25N5O2S/c1-13-3-4-14(2)16(11-13)26(24,25)22-8-5-15(6-9-22)18-21-20-17-12-19-7-10-23(17)18/h3-4,11,15,19H,5-10,12H2,1-2H3. The van der Waals surface area contributed by atoms with Crippen LogP contribution in [0.15, 0.2) is 23.1 Å². The van der Waals surface area contributed by atoms with Gasteiger partial charge in [-0.05, 0) is 43.9 Å². The van der Waals surface area contributed by atoms with Crippen molar-refractivity contribution in [2.45, 2.75) is 50.6 Å². The number of sulfonamides is 1. The lowest BCUT2D eigenvalue weighted by Crippen LogP contribution is -2.39. The fourth-order valence-electron chi connectivity index (χ4n) is 3.90. The van der Waals surface area contributed by atoms with E-state index in [0.29, 0.717) is 18.0 Å². The molecule has 0 aliphatic carbocycles. The van der Waals surface area contributed by atoms with Crippen molar-refractivity contribution in [1.29, 1.82) is 0 Å². The van der Waals surface area contributed by atoms with Crippen molar-refractivity contribution in [3.8, 4) is 0 Å². The molecule has 4 rings (SSSR count). The Morgan fingerprint density at radius 3 is 2.65 bits per heavy atom. The van der Waals surface area contributed by atoms with Gasteiger partial charge in [0.15, 0.2) is 0 Å². The third kappa shape index (κ3) is 3.06. The highest BCUT2D eigenvalue weighted by Crippen LogP contribution is 2.31. The molecule has 1 aromatic heterocycles. The minimum Gasteiger partial charge on any atom is -0.312 e. The van der Waals surface area contributed by atoms with Crippen LogP contribution in [-0.4, -0.2) is 47.1 Å². The van der Waals surface area contributed by atoms with Gasteiger partial charge in [-0.2, -0.15) is 4.31 Å². The smallest absolute Gasteiger partial charge is 0.243 e. The van der Waals surface area contributed by atoms with E-state index in [4.69, 9.17) is 0 Å². The van der Waals surface area contributed by atoms with E-state index in [0.717, 1.165) is 55.3 Å². The number of piperidine rings is 1. The number of nitrogens with one attached hydrogen (secondary N) is 1. The summed E-state index contributed by atoms with van der Waals surface area (Å²) >= 11 is 0. The normalized spacial score (nSPS) is 19.5. The Kier molecular flexibility index (Phi) is 4.58. The van der Waals surface area contributed by atoms with Crippen LogP contribution in [0.1, 0.15) is 41.5 Å². The molecule has 0 spiro atoms. The van der Waals surface area contributed by atoms with Gasteiger partial charge in [-0.1, -0.05) is 12.1 Å². The Balaban J connectivity index is 1.51. The van der Waals surface area contributed by atoms with Gasteiger partial charge in [0.1, 0.15) is 11.6 Å². The molecule has 1 N–H and O–H groups in total. The van der Waals surface area contributed by atoms with Gasteiger partial charge in [0.2, 0.25) is 10.0 Å². The van der Waals surface area contributed by atoms with E-state index in [9.17, 15) is 8.42 Å². The molecule has 7 nitrogen and oxygen atoms in total. The number of hydrogen-bond acceptors (Lipinski definition) is 5. The second-order valence-corrected chi connectivity index (χ2v) is 9.16. The molecular weight excluding hydrogens is 350 g/mol. The number of aromatic nitrogens is 3. The fraction of sp³-hybridized carbons (Fsp3) is 0.556. The molecule has 8 heteroatoms. The number of fused-ring (bicyclic) bond motifs is 1. The van der Waals surface area contributed by atoms with Crippen molar-refractivity contribution < 1.29 is 8.42 Å². The lowest BCUT2D eigenvalue weighted by molar-refractivity contribution is 0.307. The van der Waals surface area contributed by atoms with Gasteiger partial charge in [0.05, 0.1) is 11.4 Å². The van der Waals surface area contributed by atoms with E-state index in [1.807, 2.05) is 26.0 Å². The highest BCUT2D eigenvalue weighted by molar-refractivity contribution is 7.89. The van der Waals surface area contributed by atoms with E-state index in [1.165, 1.54) is 0 Å². The maximum absolute atomic E-state index is 13.1. The fourth-order valence-corrected chi connectivity index (χ4v) is 5.67. The number of nitrogens with zero attached hydrogens (tertiary/aromatic N) is 4. The van der Waals surface area contributed by atoms with Gasteiger partial charge in [-0.25, -0.2) is 8.42 Å². The topological polar surface area (TPSA) is 80.1 Å². The van der Waals surface area contributed by atoms with Crippen LogP contribution in [-0.2, 0) is 23.1 Å². The molecule has 2 aromatic rings. The lowest BCUT2D eigenvalue weighted by Gasteiger charge is -2.31. The molecule has 0 bridgehead atoms. The van der Waals surface area contributed by atoms with Gasteiger partial charge in [0.25, 0.3) is 0 Å². The molecule has 1 aromatic carbocycles. The summed E-state index contributed by atoms with van der Waals surface area (Å²) < 4.78 is 30.0. The first-order valence-corrected chi connectivity index (χ1v) is 10.6. The second-order valence-electron chi connectivity index (χ2n) is 7.25. The molecule has 0 unspecified atom stereocenters. The molecular formula is C18H25N5O2S. The summed E-state index contributed by atoms with van der Waals surface area (Å²) in [5.41, 5.74) is 1.77. The second kappa shape index (κ2) is 6.75. The van der Waals surface area contributed by atoms with Crippen LogP contribution < -0.4 is 5.32 Å². The highest BCUT2D eigenvalue weighted by Gasteiger charge is 2.33. The minimum atomic E-state index is -3.44. The summed E-state index contributed by atoms with van der Waals surface area (Å²) in [7, 11) is -3.44. The maximum atomic E-state index is 13.1. The number of rotatable bonds is 3. The predicted molar refractivity (Wildman–Crippen MR) is 98.4 cm³/mol. The van der Waals surface area contributed by atoms with Crippen LogP contribution in [0.2, 0.25) is 0 Å². The summed E-state index contributed by atoms with van der Waals surface area (Å²) in [6.45, 7) is 7.41. The molecule has 0 amide bonds. The Labute approximate surface area is 154 Å². The monoisotopic (exact) mass is 375 g/mol. The average molecular weight is 375 g/mol. The first kappa shape index (κ1) is 17.6. The number of benzene rings is 1. The van der Waals surface area contributed by atoms with E-state index in [2.05, 4.69) is 20.1 Å². The Hall–Kier alpha value is -1.77. The van der Waals surface area contributed by atoms with Crippen molar-refractivity contribution in [2.75, 3.05) is 19.6 Å². The number of hydrogen-bond donors (Lipinski definition) is 1. The van der Waals surface area contributed by atoms with E-state index in [1.54, 1.807) is 10.4 Å². The molecule has 0 atom stereocenters. The first-order chi connectivity index (χ1) is 12.5. The molecule has 2 aliphatic rings. The summed E-state index contributed by atoms with van der Waals surface area (Å²) in [5.74, 6) is 2.28. The van der Waals surface area contributed by atoms with Crippen molar-refractivity contribution in [2.24, 2.45) is 0 Å². The third-order valence-electron chi connectivity index (χ3n) is 5.43. The van der Waals surface area contributed by atoms with Crippen molar-refractivity contribution in [3.63, 3.8) is 0 Å². The summed E-state index contributed by atoms with van der Waals surface area (Å²) in [5, 5.41) is 12.0. The highest BCUT2D eigenvalue weighted by atomic mass is 32.2. The molecule has 1 saturated heterocycles. The quantitative estimate of drug-likeness (QED) is 0.881. The van der Waals surface area contributed by atoms with Gasteiger partial charge >= 0.3 is 0 Å². The molecule has 2 aliphatic heterocycles. The zero-order valence-corrected chi connectivity index (χ0v) is 16.1. The summed E-state index contributed by atoms with van der Waals surface area (Å²) in [4.78, 5) is 0.432. The predicted octanol–water partition coefficient (Wildman–Crippen LogP) is 1.57. The van der Waals surface area contributed by atoms with Crippen LogP contribution in [0.25, 0.3) is 0 Å². The van der Waals surface area contributed by atoms with Crippen LogP contribution in [0.3, 0.4) is 0 Å². The van der Waals surface area contributed by atoms with Crippen molar-refractivity contribution in [3.05, 3.63) is 41.0 Å². The van der Waals surface area contributed by atoms with Crippen LogP contribution in [0.4, 0.5) is 0 Å². The van der Waals surface area contributed by atoms with Crippen molar-refractivity contribution in [1.82, 2.24) is 24.4 Å². The van der Waals surface area contributed by atoms with Gasteiger partial charge < -0.3 is 9.88 Å². The van der Waals surface area contributed by atoms with Crippen LogP contribution >= 0.6 is 0 Å². The Bertz CT molecular complexity index is 914. The Morgan fingerprint density at radius 2 is 1.88 bits per heavy atom.